The van der Waals surface area contributed by atoms with E-state index < -0.39 is 0 Å². The normalized spacial score (nSPS) is 14.2. The molecule has 2 aromatic rings. The smallest absolute Gasteiger partial charge is 0.223 e. The van der Waals surface area contributed by atoms with Gasteiger partial charge in [-0.25, -0.2) is 0 Å². The monoisotopic (exact) mass is 469 g/mol. The summed E-state index contributed by atoms with van der Waals surface area (Å²) >= 11 is 6.08. The van der Waals surface area contributed by atoms with Gasteiger partial charge in [-0.1, -0.05) is 61.8 Å². The highest BCUT2D eigenvalue weighted by molar-refractivity contribution is 6.30. The summed E-state index contributed by atoms with van der Waals surface area (Å²) in [5.41, 5.74) is 3.61. The average molecular weight is 470 g/mol. The SMILES string of the molecule is CCN(CC)CCNC(=O)CC(CC(=O)N(C)C1Cc2ccccc2C1)c1ccc(Cl)cc1. The molecule has 0 saturated carbocycles. The van der Waals surface area contributed by atoms with Gasteiger partial charge in [0.1, 0.15) is 0 Å². The molecule has 1 aliphatic rings. The van der Waals surface area contributed by atoms with Crippen LogP contribution < -0.4 is 5.32 Å². The third-order valence-electron chi connectivity index (χ3n) is 6.81. The first-order valence-electron chi connectivity index (χ1n) is 12.0. The standard InChI is InChI=1S/C27H36ClN3O2/c1-4-31(5-2)15-14-29-26(32)18-23(20-10-12-24(28)13-11-20)19-27(33)30(3)25-16-21-8-6-7-9-22(21)17-25/h6-13,23,25H,4-5,14-19H2,1-3H3,(H,29,32). The van der Waals surface area contributed by atoms with Crippen molar-refractivity contribution in [2.24, 2.45) is 0 Å². The number of carbonyl (C=O) groups is 2. The lowest BCUT2D eigenvalue weighted by Crippen LogP contribution is -2.39. The maximum Gasteiger partial charge on any atom is 0.223 e. The lowest BCUT2D eigenvalue weighted by atomic mass is 9.91. The van der Waals surface area contributed by atoms with Gasteiger partial charge >= 0.3 is 0 Å². The van der Waals surface area contributed by atoms with Crippen LogP contribution in [0.3, 0.4) is 0 Å². The maximum atomic E-state index is 13.3. The molecular weight excluding hydrogens is 434 g/mol. The zero-order valence-corrected chi connectivity index (χ0v) is 20.8. The molecule has 0 aliphatic heterocycles. The first-order chi connectivity index (χ1) is 15.9. The maximum absolute atomic E-state index is 13.3. The van der Waals surface area contributed by atoms with E-state index in [4.69, 9.17) is 11.6 Å². The van der Waals surface area contributed by atoms with Gasteiger partial charge in [0.25, 0.3) is 0 Å². The van der Waals surface area contributed by atoms with E-state index in [1.54, 1.807) is 0 Å². The topological polar surface area (TPSA) is 52.7 Å². The van der Waals surface area contributed by atoms with Gasteiger partial charge in [0, 0.05) is 50.0 Å². The highest BCUT2D eigenvalue weighted by atomic mass is 35.5. The predicted octanol–water partition coefficient (Wildman–Crippen LogP) is 4.29. The number of amides is 2. The minimum Gasteiger partial charge on any atom is -0.355 e. The summed E-state index contributed by atoms with van der Waals surface area (Å²) in [6.45, 7) is 7.60. The molecule has 5 nitrogen and oxygen atoms in total. The molecule has 0 bridgehead atoms. The van der Waals surface area contributed by atoms with Gasteiger partial charge in [-0.05, 0) is 54.8 Å². The minimum atomic E-state index is -0.186. The lowest BCUT2D eigenvalue weighted by Gasteiger charge is -2.27. The van der Waals surface area contributed by atoms with Gasteiger partial charge in [-0.15, -0.1) is 0 Å². The van der Waals surface area contributed by atoms with Crippen molar-refractivity contribution in [1.29, 1.82) is 0 Å². The number of nitrogens with zero attached hydrogens (tertiary/aromatic N) is 2. The zero-order chi connectivity index (χ0) is 23.8. The summed E-state index contributed by atoms with van der Waals surface area (Å²) in [6.07, 6.45) is 2.35. The molecule has 1 atom stereocenters. The second-order valence-corrected chi connectivity index (χ2v) is 9.31. The Hall–Kier alpha value is -2.37. The molecule has 1 unspecified atom stereocenters. The predicted molar refractivity (Wildman–Crippen MR) is 135 cm³/mol. The van der Waals surface area contributed by atoms with Crippen molar-refractivity contribution in [3.05, 3.63) is 70.2 Å². The van der Waals surface area contributed by atoms with Crippen LogP contribution in [0.1, 0.15) is 49.3 Å². The Balaban J connectivity index is 1.62. The fraction of sp³-hybridized carbons (Fsp3) is 0.481. The molecule has 2 amide bonds. The van der Waals surface area contributed by atoms with Crippen molar-refractivity contribution < 1.29 is 9.59 Å². The average Bonchev–Trinajstić information content (AvgIpc) is 3.25. The van der Waals surface area contributed by atoms with Crippen LogP contribution in [-0.2, 0) is 22.4 Å². The van der Waals surface area contributed by atoms with E-state index in [0.29, 0.717) is 18.0 Å². The quantitative estimate of drug-likeness (QED) is 0.534. The Morgan fingerprint density at radius 2 is 1.61 bits per heavy atom. The highest BCUT2D eigenvalue weighted by Crippen LogP contribution is 2.29. The van der Waals surface area contributed by atoms with Crippen LogP contribution in [0, 0.1) is 0 Å². The molecule has 0 saturated heterocycles. The highest BCUT2D eigenvalue weighted by Gasteiger charge is 2.29. The number of hydrogen-bond donors (Lipinski definition) is 1. The first kappa shape index (κ1) is 25.3. The lowest BCUT2D eigenvalue weighted by molar-refractivity contribution is -0.132. The van der Waals surface area contributed by atoms with Crippen LogP contribution in [0.25, 0.3) is 0 Å². The largest absolute Gasteiger partial charge is 0.355 e. The van der Waals surface area contributed by atoms with Crippen molar-refractivity contribution in [3.8, 4) is 0 Å². The fourth-order valence-electron chi connectivity index (χ4n) is 4.60. The van der Waals surface area contributed by atoms with E-state index in [2.05, 4.69) is 48.3 Å². The van der Waals surface area contributed by atoms with Gasteiger partial charge in [-0.2, -0.15) is 0 Å². The van der Waals surface area contributed by atoms with Crippen LogP contribution in [-0.4, -0.2) is 60.9 Å². The van der Waals surface area contributed by atoms with E-state index in [1.807, 2.05) is 36.2 Å². The summed E-state index contributed by atoms with van der Waals surface area (Å²) < 4.78 is 0. The number of rotatable bonds is 11. The van der Waals surface area contributed by atoms with Gasteiger partial charge in [-0.3, -0.25) is 9.59 Å². The first-order valence-corrected chi connectivity index (χ1v) is 12.4. The Kier molecular flexibility index (Phi) is 9.33. The van der Waals surface area contributed by atoms with Crippen LogP contribution in [0.15, 0.2) is 48.5 Å². The van der Waals surface area contributed by atoms with Crippen molar-refractivity contribution in [3.63, 3.8) is 0 Å². The fourth-order valence-corrected chi connectivity index (χ4v) is 4.73. The summed E-state index contributed by atoms with van der Waals surface area (Å²) in [5, 5.41) is 3.68. The summed E-state index contributed by atoms with van der Waals surface area (Å²) in [5.74, 6) is -0.135. The number of hydrogen-bond acceptors (Lipinski definition) is 3. The van der Waals surface area contributed by atoms with Gasteiger partial charge < -0.3 is 15.1 Å². The van der Waals surface area contributed by atoms with Gasteiger partial charge in [0.05, 0.1) is 0 Å². The molecule has 0 spiro atoms. The molecule has 0 heterocycles. The Morgan fingerprint density at radius 1 is 1.00 bits per heavy atom. The minimum absolute atomic E-state index is 0.0224. The number of carbonyl (C=O) groups excluding carboxylic acids is 2. The second-order valence-electron chi connectivity index (χ2n) is 8.87. The number of halogens is 1. The number of fused-ring (bicyclic) bond motifs is 1. The van der Waals surface area contributed by atoms with E-state index in [-0.39, 0.29) is 30.2 Å². The van der Waals surface area contributed by atoms with E-state index in [1.165, 1.54) is 11.1 Å². The molecule has 3 rings (SSSR count). The van der Waals surface area contributed by atoms with E-state index in [9.17, 15) is 9.59 Å². The third kappa shape index (κ3) is 7.05. The molecule has 6 heteroatoms. The van der Waals surface area contributed by atoms with Crippen molar-refractivity contribution in [1.82, 2.24) is 15.1 Å². The van der Waals surface area contributed by atoms with Crippen LogP contribution in [0.4, 0.5) is 0 Å². The molecule has 0 radical (unpaired) electrons. The molecule has 178 valence electrons. The van der Waals surface area contributed by atoms with Crippen molar-refractivity contribution in [2.75, 3.05) is 33.2 Å². The molecule has 0 aromatic heterocycles. The Labute approximate surface area is 203 Å². The number of likely N-dealkylation sites (N-methyl/N-ethyl adjacent to an activating group) is 2. The Morgan fingerprint density at radius 3 is 2.18 bits per heavy atom. The molecule has 1 aliphatic carbocycles. The van der Waals surface area contributed by atoms with Crippen LogP contribution in [0.2, 0.25) is 5.02 Å². The van der Waals surface area contributed by atoms with E-state index >= 15 is 0 Å². The molecule has 1 N–H and O–H groups in total. The number of nitrogens with one attached hydrogen (secondary N) is 1. The molecular formula is C27H36ClN3O2. The van der Waals surface area contributed by atoms with Crippen molar-refractivity contribution >= 4 is 23.4 Å². The van der Waals surface area contributed by atoms with Gasteiger partial charge in [0.2, 0.25) is 11.8 Å². The molecule has 2 aromatic carbocycles. The number of benzene rings is 2. The summed E-state index contributed by atoms with van der Waals surface area (Å²) in [4.78, 5) is 30.1. The summed E-state index contributed by atoms with van der Waals surface area (Å²) in [6, 6.07) is 16.1. The Bertz CT molecular complexity index is 902. The molecule has 0 fully saturated rings. The van der Waals surface area contributed by atoms with E-state index in [0.717, 1.165) is 38.0 Å². The zero-order valence-electron chi connectivity index (χ0n) is 20.0. The van der Waals surface area contributed by atoms with Crippen LogP contribution >= 0.6 is 11.6 Å². The van der Waals surface area contributed by atoms with Gasteiger partial charge in [0.15, 0.2) is 0 Å². The third-order valence-corrected chi connectivity index (χ3v) is 7.06. The summed E-state index contributed by atoms with van der Waals surface area (Å²) in [7, 11) is 1.89. The van der Waals surface area contributed by atoms with Crippen LogP contribution in [0.5, 0.6) is 0 Å². The second kappa shape index (κ2) is 12.2. The molecule has 33 heavy (non-hydrogen) atoms. The van der Waals surface area contributed by atoms with Crippen molar-refractivity contribution in [2.45, 2.75) is 51.5 Å².